The minimum atomic E-state index is -1.25. The van der Waals surface area contributed by atoms with Gasteiger partial charge in [-0.1, -0.05) is 0 Å². The zero-order chi connectivity index (χ0) is 12.8. The number of nitrogens with zero attached hydrogens (tertiary/aromatic N) is 2. The van der Waals surface area contributed by atoms with E-state index in [9.17, 15) is 14.4 Å². The summed E-state index contributed by atoms with van der Waals surface area (Å²) in [5.74, 6) is -2.56. The quantitative estimate of drug-likeness (QED) is 0.463. The molecular formula is C8H11N5O4. The first-order chi connectivity index (χ1) is 8.00. The number of aliphatic carboxylic acids is 1. The third-order valence-corrected chi connectivity index (χ3v) is 1.93. The van der Waals surface area contributed by atoms with Crippen molar-refractivity contribution in [1.29, 1.82) is 0 Å². The van der Waals surface area contributed by atoms with Crippen LogP contribution >= 0.6 is 0 Å². The molecule has 0 saturated carbocycles. The van der Waals surface area contributed by atoms with E-state index < -0.39 is 23.8 Å². The van der Waals surface area contributed by atoms with E-state index in [0.29, 0.717) is 0 Å². The molecule has 0 fully saturated rings. The molecule has 0 spiro atoms. The molecule has 0 aliphatic rings. The summed E-state index contributed by atoms with van der Waals surface area (Å²) in [6.07, 6.45) is 0.951. The summed E-state index contributed by atoms with van der Waals surface area (Å²) in [6, 6.07) is -1.19. The van der Waals surface area contributed by atoms with Gasteiger partial charge in [0.05, 0.1) is 6.20 Å². The van der Waals surface area contributed by atoms with E-state index in [1.807, 2.05) is 0 Å². The number of carboxylic acids is 1. The lowest BCUT2D eigenvalue weighted by atomic mass is 10.1. The SMILES string of the molecule is NC(=O)CCC(NC(=O)c1cn[nH]n1)C(=O)O. The Balaban J connectivity index is 2.58. The van der Waals surface area contributed by atoms with Crippen LogP contribution in [0, 0.1) is 0 Å². The first-order valence-electron chi connectivity index (χ1n) is 4.68. The maximum atomic E-state index is 11.5. The first-order valence-corrected chi connectivity index (χ1v) is 4.68. The fourth-order valence-electron chi connectivity index (χ4n) is 1.09. The molecule has 1 atom stereocenters. The fourth-order valence-corrected chi connectivity index (χ4v) is 1.09. The third kappa shape index (κ3) is 3.89. The number of aromatic amines is 1. The largest absolute Gasteiger partial charge is 0.480 e. The van der Waals surface area contributed by atoms with Crippen LogP contribution in [0.3, 0.4) is 0 Å². The van der Waals surface area contributed by atoms with Crippen LogP contribution in [0.2, 0.25) is 0 Å². The number of hydrogen-bond donors (Lipinski definition) is 4. The molecule has 9 nitrogen and oxygen atoms in total. The van der Waals surface area contributed by atoms with Crippen molar-refractivity contribution in [3.63, 3.8) is 0 Å². The minimum absolute atomic E-state index is 0.0321. The predicted octanol–water partition coefficient (Wildman–Crippen LogP) is -1.75. The second-order valence-corrected chi connectivity index (χ2v) is 3.22. The average molecular weight is 241 g/mol. The zero-order valence-electron chi connectivity index (χ0n) is 8.71. The lowest BCUT2D eigenvalue weighted by molar-refractivity contribution is -0.139. The molecule has 0 saturated heterocycles. The van der Waals surface area contributed by atoms with Gasteiger partial charge < -0.3 is 16.2 Å². The summed E-state index contributed by atoms with van der Waals surface area (Å²) in [4.78, 5) is 32.8. The van der Waals surface area contributed by atoms with Crippen LogP contribution in [0.25, 0.3) is 0 Å². The topological polar surface area (TPSA) is 151 Å². The Labute approximate surface area is 95.4 Å². The lowest BCUT2D eigenvalue weighted by Crippen LogP contribution is -2.41. The van der Waals surface area contributed by atoms with Gasteiger partial charge in [0.2, 0.25) is 5.91 Å². The summed E-state index contributed by atoms with van der Waals surface area (Å²) >= 11 is 0. The Hall–Kier alpha value is -2.45. The van der Waals surface area contributed by atoms with Crippen molar-refractivity contribution in [2.45, 2.75) is 18.9 Å². The van der Waals surface area contributed by atoms with Crippen molar-refractivity contribution in [1.82, 2.24) is 20.7 Å². The number of nitrogens with one attached hydrogen (secondary N) is 2. The lowest BCUT2D eigenvalue weighted by Gasteiger charge is -2.12. The van der Waals surface area contributed by atoms with Crippen LogP contribution in [-0.2, 0) is 9.59 Å². The molecule has 0 aliphatic heterocycles. The second kappa shape index (κ2) is 5.58. The highest BCUT2D eigenvalue weighted by Gasteiger charge is 2.22. The van der Waals surface area contributed by atoms with Crippen LogP contribution in [0.4, 0.5) is 0 Å². The number of primary amides is 1. The first kappa shape index (κ1) is 12.6. The number of carbonyl (C=O) groups excluding carboxylic acids is 2. The Morgan fingerprint density at radius 3 is 2.71 bits per heavy atom. The number of hydrogen-bond acceptors (Lipinski definition) is 5. The van der Waals surface area contributed by atoms with Crippen LogP contribution in [0.15, 0.2) is 6.20 Å². The van der Waals surface area contributed by atoms with Gasteiger partial charge in [0.25, 0.3) is 5.91 Å². The number of carboxylic acid groups (broad SMARTS) is 1. The van der Waals surface area contributed by atoms with Crippen LogP contribution in [0.1, 0.15) is 23.3 Å². The standard InChI is InChI=1S/C8H11N5O4/c9-6(14)2-1-4(8(16)17)11-7(15)5-3-10-13-12-5/h3-4H,1-2H2,(H2,9,14)(H,11,15)(H,16,17)(H,10,12,13). The van der Waals surface area contributed by atoms with Crippen LogP contribution in [0.5, 0.6) is 0 Å². The summed E-state index contributed by atoms with van der Waals surface area (Å²) in [6.45, 7) is 0. The Kier molecular flexibility index (Phi) is 4.14. The molecule has 2 amide bonds. The highest BCUT2D eigenvalue weighted by Crippen LogP contribution is 1.99. The van der Waals surface area contributed by atoms with E-state index in [2.05, 4.69) is 20.7 Å². The normalized spacial score (nSPS) is 11.8. The minimum Gasteiger partial charge on any atom is -0.480 e. The van der Waals surface area contributed by atoms with Crippen LogP contribution < -0.4 is 11.1 Å². The van der Waals surface area contributed by atoms with Crippen molar-refractivity contribution >= 4 is 17.8 Å². The summed E-state index contributed by atoms with van der Waals surface area (Å²) in [7, 11) is 0. The van der Waals surface area contributed by atoms with Gasteiger partial charge in [0.1, 0.15) is 6.04 Å². The van der Waals surface area contributed by atoms with Gasteiger partial charge in [0.15, 0.2) is 5.69 Å². The summed E-state index contributed by atoms with van der Waals surface area (Å²) in [5.41, 5.74) is 4.86. The molecule has 0 radical (unpaired) electrons. The van der Waals surface area contributed by atoms with Crippen molar-refractivity contribution in [2.75, 3.05) is 0 Å². The van der Waals surface area contributed by atoms with Crippen molar-refractivity contribution in [2.24, 2.45) is 5.73 Å². The van der Waals surface area contributed by atoms with Crippen LogP contribution in [-0.4, -0.2) is 44.3 Å². The van der Waals surface area contributed by atoms with E-state index >= 15 is 0 Å². The number of amides is 2. The molecule has 1 aromatic heterocycles. The molecule has 1 aromatic rings. The Morgan fingerprint density at radius 1 is 1.53 bits per heavy atom. The van der Waals surface area contributed by atoms with Gasteiger partial charge in [-0.15, -0.1) is 0 Å². The molecule has 17 heavy (non-hydrogen) atoms. The second-order valence-electron chi connectivity index (χ2n) is 3.22. The molecule has 0 bridgehead atoms. The molecule has 92 valence electrons. The molecular weight excluding hydrogens is 230 g/mol. The molecule has 5 N–H and O–H groups in total. The Bertz CT molecular complexity index is 416. The Morgan fingerprint density at radius 2 is 2.24 bits per heavy atom. The fraction of sp³-hybridized carbons (Fsp3) is 0.375. The van der Waals surface area contributed by atoms with Gasteiger partial charge in [-0.2, -0.15) is 15.4 Å². The molecule has 1 unspecified atom stereocenters. The van der Waals surface area contributed by atoms with E-state index in [1.54, 1.807) is 0 Å². The number of aromatic nitrogens is 3. The maximum Gasteiger partial charge on any atom is 0.326 e. The number of carbonyl (C=O) groups is 3. The van der Waals surface area contributed by atoms with Gasteiger partial charge >= 0.3 is 5.97 Å². The molecule has 0 aromatic carbocycles. The number of H-pyrrole nitrogens is 1. The highest BCUT2D eigenvalue weighted by atomic mass is 16.4. The van der Waals surface area contributed by atoms with Crippen molar-refractivity contribution in [3.05, 3.63) is 11.9 Å². The molecule has 1 heterocycles. The van der Waals surface area contributed by atoms with Crippen molar-refractivity contribution in [3.8, 4) is 0 Å². The van der Waals surface area contributed by atoms with E-state index in [4.69, 9.17) is 10.8 Å². The maximum absolute atomic E-state index is 11.5. The summed E-state index contributed by atoms with van der Waals surface area (Å²) in [5, 5.41) is 20.2. The average Bonchev–Trinajstić information content (AvgIpc) is 2.76. The molecule has 1 rings (SSSR count). The van der Waals surface area contributed by atoms with Crippen molar-refractivity contribution < 1.29 is 19.5 Å². The van der Waals surface area contributed by atoms with Gasteiger partial charge in [-0.3, -0.25) is 9.59 Å². The summed E-state index contributed by atoms with van der Waals surface area (Å²) < 4.78 is 0. The number of nitrogens with two attached hydrogens (primary N) is 1. The van der Waals surface area contributed by atoms with E-state index in [1.165, 1.54) is 0 Å². The van der Waals surface area contributed by atoms with Gasteiger partial charge in [-0.25, -0.2) is 4.79 Å². The molecule has 9 heteroatoms. The van der Waals surface area contributed by atoms with Gasteiger partial charge in [0, 0.05) is 6.42 Å². The predicted molar refractivity (Wildman–Crippen MR) is 53.7 cm³/mol. The molecule has 0 aliphatic carbocycles. The highest BCUT2D eigenvalue weighted by molar-refractivity contribution is 5.94. The number of rotatable bonds is 6. The zero-order valence-corrected chi connectivity index (χ0v) is 8.71. The monoisotopic (exact) mass is 241 g/mol. The smallest absolute Gasteiger partial charge is 0.326 e. The van der Waals surface area contributed by atoms with Gasteiger partial charge in [-0.05, 0) is 6.42 Å². The van der Waals surface area contributed by atoms with E-state index in [0.717, 1.165) is 6.20 Å². The third-order valence-electron chi connectivity index (χ3n) is 1.93. The van der Waals surface area contributed by atoms with E-state index in [-0.39, 0.29) is 18.5 Å².